The van der Waals surface area contributed by atoms with Gasteiger partial charge in [-0.15, -0.1) is 0 Å². The molecule has 0 spiro atoms. The summed E-state index contributed by atoms with van der Waals surface area (Å²) in [5, 5.41) is 12.1. The van der Waals surface area contributed by atoms with Crippen LogP contribution in [0.3, 0.4) is 0 Å². The third kappa shape index (κ3) is 6.37. The minimum atomic E-state index is -0.780. The van der Waals surface area contributed by atoms with Gasteiger partial charge in [0.05, 0.1) is 0 Å². The monoisotopic (exact) mass is 284 g/mol. The number of carbonyl (C=O) groups excluding carboxylic acids is 1. The van der Waals surface area contributed by atoms with Crippen molar-refractivity contribution in [3.05, 3.63) is 0 Å². The summed E-state index contributed by atoms with van der Waals surface area (Å²) in [6.45, 7) is 7.68. The Balaban J connectivity index is 2.43. The molecule has 5 nitrogen and oxygen atoms in total. The first-order valence-electron chi connectivity index (χ1n) is 7.56. The minimum Gasteiger partial charge on any atom is -0.481 e. The lowest BCUT2D eigenvalue weighted by atomic mass is 9.97. The van der Waals surface area contributed by atoms with Crippen LogP contribution in [-0.4, -0.2) is 46.6 Å². The van der Waals surface area contributed by atoms with Gasteiger partial charge in [0.1, 0.15) is 0 Å². The van der Waals surface area contributed by atoms with Crippen LogP contribution in [0.15, 0.2) is 0 Å². The summed E-state index contributed by atoms with van der Waals surface area (Å²) in [5.41, 5.74) is 0.0187. The Bertz CT molecular complexity index is 337. The molecule has 2 N–H and O–H groups in total. The molecule has 1 fully saturated rings. The van der Waals surface area contributed by atoms with E-state index in [9.17, 15) is 9.59 Å². The van der Waals surface area contributed by atoms with Crippen molar-refractivity contribution in [2.24, 2.45) is 0 Å². The molecule has 1 rings (SSSR count). The molecule has 0 aromatic carbocycles. The fraction of sp³-hybridized carbons (Fsp3) is 0.867. The van der Waals surface area contributed by atoms with Crippen LogP contribution in [0.25, 0.3) is 0 Å². The van der Waals surface area contributed by atoms with E-state index >= 15 is 0 Å². The second-order valence-electron chi connectivity index (χ2n) is 6.60. The lowest BCUT2D eigenvalue weighted by Gasteiger charge is -2.36. The Hall–Kier alpha value is -1.10. The molecule has 1 unspecified atom stereocenters. The molecule has 116 valence electrons. The summed E-state index contributed by atoms with van der Waals surface area (Å²) in [7, 11) is 0. The van der Waals surface area contributed by atoms with Crippen molar-refractivity contribution in [3.63, 3.8) is 0 Å². The number of carboxylic acids is 1. The highest BCUT2D eigenvalue weighted by atomic mass is 16.4. The number of hydrogen-bond acceptors (Lipinski definition) is 3. The van der Waals surface area contributed by atoms with Gasteiger partial charge in [-0.05, 0) is 46.5 Å². The molecule has 1 heterocycles. The van der Waals surface area contributed by atoms with Crippen LogP contribution in [0.5, 0.6) is 0 Å². The predicted octanol–water partition coefficient (Wildman–Crippen LogP) is 2.01. The molecule has 0 saturated carbocycles. The average molecular weight is 284 g/mol. The molecule has 5 heteroatoms. The van der Waals surface area contributed by atoms with Crippen LogP contribution in [0, 0.1) is 0 Å². The average Bonchev–Trinajstić information content (AvgIpc) is 2.35. The molecular formula is C15H28N2O3. The van der Waals surface area contributed by atoms with Gasteiger partial charge in [0, 0.05) is 37.5 Å². The highest BCUT2D eigenvalue weighted by molar-refractivity contribution is 5.77. The molecular weight excluding hydrogens is 256 g/mol. The summed E-state index contributed by atoms with van der Waals surface area (Å²) in [4.78, 5) is 24.9. The Kier molecular flexibility index (Phi) is 6.46. The van der Waals surface area contributed by atoms with Crippen molar-refractivity contribution >= 4 is 11.9 Å². The fourth-order valence-electron chi connectivity index (χ4n) is 2.61. The third-order valence-electron chi connectivity index (χ3n) is 3.63. The van der Waals surface area contributed by atoms with Gasteiger partial charge < -0.3 is 15.3 Å². The first kappa shape index (κ1) is 17.0. The number of hydrogen-bond donors (Lipinski definition) is 2. The largest absolute Gasteiger partial charge is 0.481 e. The maximum atomic E-state index is 12.3. The second kappa shape index (κ2) is 7.62. The number of nitrogens with zero attached hydrogens (tertiary/aromatic N) is 1. The SMILES string of the molecule is CC(C)(C)NCCC(=O)N1CCCCC1CCC(=O)O. The molecule has 1 saturated heterocycles. The number of nitrogens with one attached hydrogen (secondary N) is 1. The highest BCUT2D eigenvalue weighted by Crippen LogP contribution is 2.21. The fourth-order valence-corrected chi connectivity index (χ4v) is 2.61. The molecule has 0 radical (unpaired) electrons. The van der Waals surface area contributed by atoms with E-state index in [1.54, 1.807) is 0 Å². The standard InChI is InChI=1S/C15H28N2O3/c1-15(2,3)16-10-9-13(18)17-11-5-4-6-12(17)7-8-14(19)20/h12,16H,4-11H2,1-3H3,(H,19,20). The van der Waals surface area contributed by atoms with E-state index in [1.807, 2.05) is 4.90 Å². The quantitative estimate of drug-likeness (QED) is 0.783. The minimum absolute atomic E-state index is 0.0187. The Morgan fingerprint density at radius 3 is 2.55 bits per heavy atom. The smallest absolute Gasteiger partial charge is 0.303 e. The molecule has 0 aromatic rings. The number of piperidine rings is 1. The van der Waals surface area contributed by atoms with Crippen LogP contribution < -0.4 is 5.32 Å². The molecule has 1 aliphatic heterocycles. The zero-order valence-electron chi connectivity index (χ0n) is 12.9. The van der Waals surface area contributed by atoms with Gasteiger partial charge in [-0.25, -0.2) is 0 Å². The van der Waals surface area contributed by atoms with Gasteiger partial charge in [0.25, 0.3) is 0 Å². The lowest BCUT2D eigenvalue weighted by molar-refractivity contribution is -0.140. The number of likely N-dealkylation sites (tertiary alicyclic amines) is 1. The topological polar surface area (TPSA) is 69.6 Å². The van der Waals surface area contributed by atoms with Crippen molar-refractivity contribution in [1.82, 2.24) is 10.2 Å². The summed E-state index contributed by atoms with van der Waals surface area (Å²) in [5.74, 6) is -0.630. The number of carboxylic acid groups (broad SMARTS) is 1. The molecule has 0 aliphatic carbocycles. The maximum Gasteiger partial charge on any atom is 0.303 e. The van der Waals surface area contributed by atoms with E-state index in [-0.39, 0.29) is 23.9 Å². The van der Waals surface area contributed by atoms with Crippen LogP contribution in [0.2, 0.25) is 0 Å². The van der Waals surface area contributed by atoms with E-state index in [4.69, 9.17) is 5.11 Å². The molecule has 20 heavy (non-hydrogen) atoms. The van der Waals surface area contributed by atoms with Crippen LogP contribution >= 0.6 is 0 Å². The van der Waals surface area contributed by atoms with Crippen LogP contribution in [0.1, 0.15) is 59.3 Å². The van der Waals surface area contributed by atoms with E-state index in [0.29, 0.717) is 19.4 Å². The molecule has 1 atom stereocenters. The van der Waals surface area contributed by atoms with Crippen molar-refractivity contribution < 1.29 is 14.7 Å². The highest BCUT2D eigenvalue weighted by Gasteiger charge is 2.26. The lowest BCUT2D eigenvalue weighted by Crippen LogP contribution is -2.45. The van der Waals surface area contributed by atoms with Crippen molar-refractivity contribution in [3.8, 4) is 0 Å². The first-order valence-corrected chi connectivity index (χ1v) is 7.56. The van der Waals surface area contributed by atoms with E-state index < -0.39 is 5.97 Å². The second-order valence-corrected chi connectivity index (χ2v) is 6.60. The van der Waals surface area contributed by atoms with Gasteiger partial charge in [0.2, 0.25) is 5.91 Å². The van der Waals surface area contributed by atoms with Gasteiger partial charge >= 0.3 is 5.97 Å². The van der Waals surface area contributed by atoms with Gasteiger partial charge in [-0.2, -0.15) is 0 Å². The molecule has 1 amide bonds. The summed E-state index contributed by atoms with van der Waals surface area (Å²) in [6, 6.07) is 0.113. The first-order chi connectivity index (χ1) is 9.29. The van der Waals surface area contributed by atoms with E-state index in [0.717, 1.165) is 25.8 Å². The number of aliphatic carboxylic acids is 1. The molecule has 1 aliphatic rings. The number of rotatable bonds is 6. The van der Waals surface area contributed by atoms with E-state index in [2.05, 4.69) is 26.1 Å². The summed E-state index contributed by atoms with van der Waals surface area (Å²) >= 11 is 0. The zero-order valence-corrected chi connectivity index (χ0v) is 12.9. The summed E-state index contributed by atoms with van der Waals surface area (Å²) in [6.07, 6.45) is 4.27. The normalized spacial score (nSPS) is 19.9. The number of amides is 1. The van der Waals surface area contributed by atoms with Gasteiger partial charge in [-0.1, -0.05) is 0 Å². The number of carbonyl (C=O) groups is 2. The maximum absolute atomic E-state index is 12.3. The Morgan fingerprint density at radius 2 is 1.95 bits per heavy atom. The Labute approximate surface area is 121 Å². The van der Waals surface area contributed by atoms with Crippen molar-refractivity contribution in [1.29, 1.82) is 0 Å². The van der Waals surface area contributed by atoms with Crippen LogP contribution in [0.4, 0.5) is 0 Å². The predicted molar refractivity (Wildman–Crippen MR) is 78.6 cm³/mol. The summed E-state index contributed by atoms with van der Waals surface area (Å²) < 4.78 is 0. The van der Waals surface area contributed by atoms with Gasteiger partial charge in [0.15, 0.2) is 0 Å². The molecule has 0 bridgehead atoms. The van der Waals surface area contributed by atoms with E-state index in [1.165, 1.54) is 0 Å². The van der Waals surface area contributed by atoms with Gasteiger partial charge in [-0.3, -0.25) is 9.59 Å². The van der Waals surface area contributed by atoms with Crippen molar-refractivity contribution in [2.45, 2.75) is 70.9 Å². The molecule has 0 aromatic heterocycles. The Morgan fingerprint density at radius 1 is 1.25 bits per heavy atom. The third-order valence-corrected chi connectivity index (χ3v) is 3.63. The zero-order chi connectivity index (χ0) is 15.2. The van der Waals surface area contributed by atoms with Crippen LogP contribution in [-0.2, 0) is 9.59 Å². The van der Waals surface area contributed by atoms with Crippen molar-refractivity contribution in [2.75, 3.05) is 13.1 Å².